The third-order valence-electron chi connectivity index (χ3n) is 3.19. The Morgan fingerprint density at radius 3 is 2.46 bits per heavy atom. The Morgan fingerprint density at radius 1 is 1.38 bits per heavy atom. The van der Waals surface area contributed by atoms with Gasteiger partial charge < -0.3 is 16.5 Å². The zero-order valence-corrected chi connectivity index (χ0v) is 15.6. The molecule has 0 aliphatic carbocycles. The monoisotopic (exact) mass is 337 g/mol. The first-order valence-electron chi connectivity index (χ1n) is 8.24. The van der Waals surface area contributed by atoms with E-state index in [0.29, 0.717) is 32.0 Å². The molecule has 0 spiro atoms. The Bertz CT molecular complexity index is 485. The molecule has 0 fully saturated rings. The summed E-state index contributed by atoms with van der Waals surface area (Å²) in [6.45, 7) is 7.96. The van der Waals surface area contributed by atoms with Crippen molar-refractivity contribution < 1.29 is 9.18 Å². The lowest BCUT2D eigenvalue weighted by atomic mass is 10.00. The smallest absolute Gasteiger partial charge is 0.220 e. The molecule has 0 aromatic rings. The van der Waals surface area contributed by atoms with Gasteiger partial charge >= 0.3 is 0 Å². The van der Waals surface area contributed by atoms with Crippen LogP contribution in [-0.4, -0.2) is 25.3 Å². The zero-order valence-electron chi connectivity index (χ0n) is 15.6. The average molecular weight is 337 g/mol. The largest absolute Gasteiger partial charge is 0.401 e. The second-order valence-corrected chi connectivity index (χ2v) is 5.45. The standard InChI is InChI=1S/C18H29N3O.CH3F/c1-5-10-16(20)18(14(3)4)21-17(22)12-9-7-8-11-15(6-2)13-19;1-2/h6,10,13-14,18-19H,5,7,9,12,20H2,1-4H3,(H,21,22);1H3/b15-6-,16-10?,19-13?;. The predicted molar refractivity (Wildman–Crippen MR) is 101 cm³/mol. The van der Waals surface area contributed by atoms with Crippen LogP contribution in [-0.2, 0) is 4.79 Å². The second kappa shape index (κ2) is 15.8. The minimum absolute atomic E-state index is 0.00580. The first kappa shape index (κ1) is 24.2. The van der Waals surface area contributed by atoms with E-state index in [4.69, 9.17) is 11.1 Å². The SMILES string of the molecule is C/C=C(/C#CCCCC(=O)NC(C(N)=CCC)C(C)C)C=N.CF. The fourth-order valence-electron chi connectivity index (χ4n) is 1.94. The van der Waals surface area contributed by atoms with E-state index in [-0.39, 0.29) is 17.9 Å². The van der Waals surface area contributed by atoms with Crippen molar-refractivity contribution in [3.8, 4) is 11.8 Å². The summed E-state index contributed by atoms with van der Waals surface area (Å²) in [5, 5.41) is 10.1. The van der Waals surface area contributed by atoms with Gasteiger partial charge in [0.1, 0.15) is 0 Å². The molecule has 1 atom stereocenters. The fraction of sp³-hybridized carbons (Fsp3) is 0.579. The van der Waals surface area contributed by atoms with Crippen molar-refractivity contribution in [1.82, 2.24) is 5.32 Å². The van der Waals surface area contributed by atoms with Crippen molar-refractivity contribution in [2.75, 3.05) is 7.18 Å². The van der Waals surface area contributed by atoms with E-state index in [1.165, 1.54) is 6.21 Å². The molecule has 1 unspecified atom stereocenters. The molecule has 24 heavy (non-hydrogen) atoms. The van der Waals surface area contributed by atoms with Crippen molar-refractivity contribution in [3.63, 3.8) is 0 Å². The maximum Gasteiger partial charge on any atom is 0.220 e. The molecule has 0 bridgehead atoms. The van der Waals surface area contributed by atoms with Gasteiger partial charge in [0.2, 0.25) is 5.91 Å². The molecule has 0 aliphatic heterocycles. The summed E-state index contributed by atoms with van der Waals surface area (Å²) in [6.07, 6.45) is 7.63. The summed E-state index contributed by atoms with van der Waals surface area (Å²) in [6, 6.07) is -0.105. The van der Waals surface area contributed by atoms with Gasteiger partial charge in [-0.3, -0.25) is 9.18 Å². The first-order valence-corrected chi connectivity index (χ1v) is 8.24. The molecule has 0 aliphatic rings. The molecular formula is C19H32FN3O. The summed E-state index contributed by atoms with van der Waals surface area (Å²) in [5.74, 6) is 6.14. The minimum Gasteiger partial charge on any atom is -0.401 e. The first-order chi connectivity index (χ1) is 11.5. The molecule has 0 radical (unpaired) electrons. The molecular weight excluding hydrogens is 305 g/mol. The lowest BCUT2D eigenvalue weighted by molar-refractivity contribution is -0.121. The van der Waals surface area contributed by atoms with Crippen LogP contribution in [0.3, 0.4) is 0 Å². The van der Waals surface area contributed by atoms with E-state index in [1.54, 1.807) is 6.08 Å². The van der Waals surface area contributed by atoms with Crippen LogP contribution < -0.4 is 11.1 Å². The average Bonchev–Trinajstić information content (AvgIpc) is 2.57. The highest BCUT2D eigenvalue weighted by Gasteiger charge is 2.17. The van der Waals surface area contributed by atoms with E-state index < -0.39 is 0 Å². The number of hydrogen-bond donors (Lipinski definition) is 3. The van der Waals surface area contributed by atoms with Gasteiger partial charge in [-0.05, 0) is 25.7 Å². The van der Waals surface area contributed by atoms with Gasteiger partial charge in [-0.15, -0.1) is 0 Å². The number of amides is 1. The summed E-state index contributed by atoms with van der Waals surface area (Å²) in [4.78, 5) is 12.0. The third kappa shape index (κ3) is 11.5. The molecule has 0 aromatic heterocycles. The van der Waals surface area contributed by atoms with Crippen LogP contribution in [0.25, 0.3) is 0 Å². The number of hydrogen-bond acceptors (Lipinski definition) is 3. The molecule has 136 valence electrons. The number of allylic oxidation sites excluding steroid dienone is 3. The Balaban J connectivity index is 0. The number of carbonyl (C=O) groups excluding carboxylic acids is 1. The molecule has 4 N–H and O–H groups in total. The molecule has 4 nitrogen and oxygen atoms in total. The van der Waals surface area contributed by atoms with Crippen LogP contribution in [0.5, 0.6) is 0 Å². The highest BCUT2D eigenvalue weighted by molar-refractivity contribution is 5.82. The highest BCUT2D eigenvalue weighted by atomic mass is 19.1. The predicted octanol–water partition coefficient (Wildman–Crippen LogP) is 3.74. The number of carbonyl (C=O) groups is 1. The third-order valence-corrected chi connectivity index (χ3v) is 3.19. The maximum absolute atomic E-state index is 12.0. The molecule has 1 amide bonds. The van der Waals surface area contributed by atoms with Crippen LogP contribution >= 0.6 is 0 Å². The van der Waals surface area contributed by atoms with E-state index >= 15 is 0 Å². The zero-order chi connectivity index (χ0) is 19.0. The van der Waals surface area contributed by atoms with Gasteiger partial charge in [0.15, 0.2) is 0 Å². The van der Waals surface area contributed by atoms with E-state index in [9.17, 15) is 9.18 Å². The Hall–Kier alpha value is -2.09. The second-order valence-electron chi connectivity index (χ2n) is 5.45. The summed E-state index contributed by atoms with van der Waals surface area (Å²) < 4.78 is 9.50. The molecule has 0 saturated carbocycles. The number of nitrogens with two attached hydrogens (primary N) is 1. The quantitative estimate of drug-likeness (QED) is 0.358. The Kier molecular flexibility index (Phi) is 15.9. The number of rotatable bonds is 8. The fourth-order valence-corrected chi connectivity index (χ4v) is 1.94. The molecule has 0 saturated heterocycles. The lowest BCUT2D eigenvalue weighted by Gasteiger charge is -2.23. The number of alkyl halides is 1. The molecule has 0 heterocycles. The van der Waals surface area contributed by atoms with Crippen LogP contribution in [0, 0.1) is 23.2 Å². The van der Waals surface area contributed by atoms with Crippen LogP contribution in [0.4, 0.5) is 4.39 Å². The lowest BCUT2D eigenvalue weighted by Crippen LogP contribution is -2.42. The Morgan fingerprint density at radius 2 is 2.00 bits per heavy atom. The van der Waals surface area contributed by atoms with Crippen molar-refractivity contribution in [1.29, 1.82) is 5.41 Å². The number of nitrogens with one attached hydrogen (secondary N) is 2. The van der Waals surface area contributed by atoms with E-state index in [0.717, 1.165) is 12.1 Å². The normalized spacial score (nSPS) is 12.5. The topological polar surface area (TPSA) is 79.0 Å². The maximum atomic E-state index is 12.0. The van der Waals surface area contributed by atoms with E-state index in [1.807, 2.05) is 33.8 Å². The van der Waals surface area contributed by atoms with Gasteiger partial charge in [0.25, 0.3) is 0 Å². The molecule has 0 rings (SSSR count). The summed E-state index contributed by atoms with van der Waals surface area (Å²) >= 11 is 0. The Labute approximate surface area is 146 Å². The number of unbranched alkanes of at least 4 members (excludes halogenated alkanes) is 1. The van der Waals surface area contributed by atoms with E-state index in [2.05, 4.69) is 17.2 Å². The van der Waals surface area contributed by atoms with Crippen LogP contribution in [0.1, 0.15) is 53.4 Å². The van der Waals surface area contributed by atoms with Crippen molar-refractivity contribution in [3.05, 3.63) is 23.4 Å². The molecule has 0 aromatic carbocycles. The van der Waals surface area contributed by atoms with Crippen molar-refractivity contribution in [2.24, 2.45) is 11.7 Å². The summed E-state index contributed by atoms with van der Waals surface area (Å²) in [7, 11) is 0.500. The van der Waals surface area contributed by atoms with Gasteiger partial charge in [-0.1, -0.05) is 44.8 Å². The number of halogens is 1. The van der Waals surface area contributed by atoms with Crippen LogP contribution in [0.15, 0.2) is 23.4 Å². The van der Waals surface area contributed by atoms with Crippen molar-refractivity contribution >= 4 is 12.1 Å². The van der Waals surface area contributed by atoms with Gasteiger partial charge in [0.05, 0.1) is 13.2 Å². The van der Waals surface area contributed by atoms with Crippen LogP contribution in [0.2, 0.25) is 0 Å². The minimum atomic E-state index is -0.105. The molecule has 5 heteroatoms. The van der Waals surface area contributed by atoms with Gasteiger partial charge in [-0.2, -0.15) is 0 Å². The van der Waals surface area contributed by atoms with Crippen molar-refractivity contribution in [2.45, 2.75) is 59.4 Å². The van der Waals surface area contributed by atoms with Gasteiger partial charge in [-0.25, -0.2) is 0 Å². The van der Waals surface area contributed by atoms with Gasteiger partial charge in [0, 0.05) is 30.3 Å². The summed E-state index contributed by atoms with van der Waals surface area (Å²) in [5.41, 5.74) is 7.44. The highest BCUT2D eigenvalue weighted by Crippen LogP contribution is 2.09.